The second kappa shape index (κ2) is 4.53. The zero-order chi connectivity index (χ0) is 11.6. The van der Waals surface area contributed by atoms with Crippen LogP contribution in [0.2, 0.25) is 0 Å². The van der Waals surface area contributed by atoms with E-state index in [1.165, 1.54) is 6.26 Å². The summed E-state index contributed by atoms with van der Waals surface area (Å²) >= 11 is 0. The minimum atomic E-state index is -3.11. The molecule has 5 heteroatoms. The first-order valence-electron chi connectivity index (χ1n) is 5.20. The van der Waals surface area contributed by atoms with Crippen LogP contribution in [-0.4, -0.2) is 34.4 Å². The third-order valence-corrected chi connectivity index (χ3v) is 3.74. The molecule has 0 bridgehead atoms. The van der Waals surface area contributed by atoms with E-state index >= 15 is 0 Å². The molecule has 1 N–H and O–H groups in total. The highest BCUT2D eigenvalue weighted by Crippen LogP contribution is 2.20. The Hall–Kier alpha value is -0.910. The van der Waals surface area contributed by atoms with Crippen LogP contribution in [0.5, 0.6) is 0 Å². The van der Waals surface area contributed by atoms with Gasteiger partial charge in [0.15, 0.2) is 9.84 Å². The van der Waals surface area contributed by atoms with Gasteiger partial charge in [-0.15, -0.1) is 0 Å². The molecule has 1 atom stereocenters. The highest BCUT2D eigenvalue weighted by atomic mass is 32.2. The highest BCUT2D eigenvalue weighted by Gasteiger charge is 2.16. The number of morpholine rings is 1. The van der Waals surface area contributed by atoms with Gasteiger partial charge in [0.1, 0.15) is 0 Å². The average Bonchev–Trinajstić information content (AvgIpc) is 2.29. The van der Waals surface area contributed by atoms with E-state index in [-0.39, 0.29) is 6.10 Å². The fourth-order valence-electron chi connectivity index (χ4n) is 1.71. The van der Waals surface area contributed by atoms with Crippen molar-refractivity contribution in [2.45, 2.75) is 11.0 Å². The second-order valence-electron chi connectivity index (χ2n) is 3.90. The standard InChI is InChI=1S/C11H15NO3S/c1-16(13,14)10-4-2-9(3-5-10)11-8-12-6-7-15-11/h2-5,11-12H,6-8H2,1H3. The predicted molar refractivity (Wildman–Crippen MR) is 61.1 cm³/mol. The molecule has 88 valence electrons. The number of nitrogens with one attached hydrogen (secondary N) is 1. The topological polar surface area (TPSA) is 55.4 Å². The summed E-state index contributed by atoms with van der Waals surface area (Å²) in [5, 5.41) is 3.23. The van der Waals surface area contributed by atoms with Crippen molar-refractivity contribution in [3.8, 4) is 0 Å². The van der Waals surface area contributed by atoms with Crippen LogP contribution < -0.4 is 5.32 Å². The van der Waals surface area contributed by atoms with E-state index in [1.54, 1.807) is 12.1 Å². The van der Waals surface area contributed by atoms with E-state index in [9.17, 15) is 8.42 Å². The van der Waals surface area contributed by atoms with Gasteiger partial charge in [-0.1, -0.05) is 12.1 Å². The van der Waals surface area contributed by atoms with Crippen LogP contribution in [0.4, 0.5) is 0 Å². The van der Waals surface area contributed by atoms with Crippen LogP contribution in [0, 0.1) is 0 Å². The van der Waals surface area contributed by atoms with Crippen LogP contribution in [-0.2, 0) is 14.6 Å². The van der Waals surface area contributed by atoms with Gasteiger partial charge in [-0.05, 0) is 17.7 Å². The fourth-order valence-corrected chi connectivity index (χ4v) is 2.34. The maximum absolute atomic E-state index is 11.3. The molecular weight excluding hydrogens is 226 g/mol. The lowest BCUT2D eigenvalue weighted by molar-refractivity contribution is 0.0277. The Kier molecular flexibility index (Phi) is 3.28. The first-order valence-corrected chi connectivity index (χ1v) is 7.09. The summed E-state index contributed by atoms with van der Waals surface area (Å²) < 4.78 is 28.1. The number of rotatable bonds is 2. The Balaban J connectivity index is 2.18. The fraction of sp³-hybridized carbons (Fsp3) is 0.455. The van der Waals surface area contributed by atoms with Gasteiger partial charge in [0, 0.05) is 19.3 Å². The smallest absolute Gasteiger partial charge is 0.175 e. The number of sulfone groups is 1. The zero-order valence-corrected chi connectivity index (χ0v) is 9.96. The van der Waals surface area contributed by atoms with Gasteiger partial charge in [0.05, 0.1) is 17.6 Å². The molecule has 1 aliphatic heterocycles. The van der Waals surface area contributed by atoms with Crippen molar-refractivity contribution in [2.24, 2.45) is 0 Å². The van der Waals surface area contributed by atoms with E-state index in [4.69, 9.17) is 4.74 Å². The molecule has 0 spiro atoms. The summed E-state index contributed by atoms with van der Waals surface area (Å²) in [6, 6.07) is 6.88. The molecule has 2 rings (SSSR count). The molecule has 0 amide bonds. The second-order valence-corrected chi connectivity index (χ2v) is 5.92. The molecule has 1 saturated heterocycles. The van der Waals surface area contributed by atoms with Gasteiger partial charge in [-0.2, -0.15) is 0 Å². The van der Waals surface area contributed by atoms with Crippen molar-refractivity contribution < 1.29 is 13.2 Å². The van der Waals surface area contributed by atoms with Crippen LogP contribution >= 0.6 is 0 Å². The Morgan fingerprint density at radius 2 is 2.00 bits per heavy atom. The molecule has 4 nitrogen and oxygen atoms in total. The zero-order valence-electron chi connectivity index (χ0n) is 9.14. The summed E-state index contributed by atoms with van der Waals surface area (Å²) in [6.45, 7) is 2.34. The van der Waals surface area contributed by atoms with Gasteiger partial charge in [-0.25, -0.2) is 8.42 Å². The van der Waals surface area contributed by atoms with Gasteiger partial charge >= 0.3 is 0 Å². The summed E-state index contributed by atoms with van der Waals surface area (Å²) in [6.07, 6.45) is 1.24. The Morgan fingerprint density at radius 1 is 1.31 bits per heavy atom. The SMILES string of the molecule is CS(=O)(=O)c1ccc(C2CNCCO2)cc1. The summed E-state index contributed by atoms with van der Waals surface area (Å²) in [5.41, 5.74) is 1.01. The summed E-state index contributed by atoms with van der Waals surface area (Å²) in [7, 11) is -3.11. The van der Waals surface area contributed by atoms with E-state index in [2.05, 4.69) is 5.32 Å². The van der Waals surface area contributed by atoms with Crippen LogP contribution in [0.15, 0.2) is 29.2 Å². The molecule has 1 aromatic carbocycles. The average molecular weight is 241 g/mol. The molecule has 0 radical (unpaired) electrons. The largest absolute Gasteiger partial charge is 0.371 e. The van der Waals surface area contributed by atoms with E-state index in [0.29, 0.717) is 11.5 Å². The summed E-state index contributed by atoms with van der Waals surface area (Å²) in [5.74, 6) is 0. The van der Waals surface area contributed by atoms with Crippen molar-refractivity contribution in [3.63, 3.8) is 0 Å². The third kappa shape index (κ3) is 2.61. The third-order valence-electron chi connectivity index (χ3n) is 2.61. The number of benzene rings is 1. The number of ether oxygens (including phenoxy) is 1. The van der Waals surface area contributed by atoms with E-state index in [1.807, 2.05) is 12.1 Å². The first-order chi connectivity index (χ1) is 7.57. The molecule has 1 fully saturated rings. The van der Waals surface area contributed by atoms with Gasteiger partial charge in [0.25, 0.3) is 0 Å². The molecule has 1 aromatic rings. The molecule has 1 heterocycles. The first kappa shape index (κ1) is 11.6. The van der Waals surface area contributed by atoms with Crippen molar-refractivity contribution in [2.75, 3.05) is 26.0 Å². The lowest BCUT2D eigenvalue weighted by Gasteiger charge is -2.23. The van der Waals surface area contributed by atoms with Crippen molar-refractivity contribution in [3.05, 3.63) is 29.8 Å². The van der Waals surface area contributed by atoms with Crippen LogP contribution in [0.1, 0.15) is 11.7 Å². The minimum absolute atomic E-state index is 0.0300. The normalized spacial score (nSPS) is 21.9. The van der Waals surface area contributed by atoms with E-state index in [0.717, 1.165) is 18.7 Å². The van der Waals surface area contributed by atoms with Crippen molar-refractivity contribution in [1.82, 2.24) is 5.32 Å². The Bertz CT molecular complexity index is 447. The molecule has 0 saturated carbocycles. The lowest BCUT2D eigenvalue weighted by Crippen LogP contribution is -2.33. The maximum Gasteiger partial charge on any atom is 0.175 e. The molecule has 1 aliphatic rings. The van der Waals surface area contributed by atoms with Crippen LogP contribution in [0.25, 0.3) is 0 Å². The van der Waals surface area contributed by atoms with Crippen LogP contribution in [0.3, 0.4) is 0 Å². The van der Waals surface area contributed by atoms with Gasteiger partial charge < -0.3 is 10.1 Å². The molecule has 0 aromatic heterocycles. The number of hydrogen-bond donors (Lipinski definition) is 1. The van der Waals surface area contributed by atoms with Gasteiger partial charge in [-0.3, -0.25) is 0 Å². The Morgan fingerprint density at radius 3 is 2.50 bits per heavy atom. The Labute approximate surface area is 95.5 Å². The predicted octanol–water partition coefficient (Wildman–Crippen LogP) is 0.751. The minimum Gasteiger partial charge on any atom is -0.371 e. The highest BCUT2D eigenvalue weighted by molar-refractivity contribution is 7.90. The molecule has 16 heavy (non-hydrogen) atoms. The number of hydrogen-bond acceptors (Lipinski definition) is 4. The lowest BCUT2D eigenvalue weighted by atomic mass is 10.1. The van der Waals surface area contributed by atoms with Crippen molar-refractivity contribution in [1.29, 1.82) is 0 Å². The van der Waals surface area contributed by atoms with E-state index < -0.39 is 9.84 Å². The quantitative estimate of drug-likeness (QED) is 0.830. The molecule has 0 aliphatic carbocycles. The summed E-state index contributed by atoms with van der Waals surface area (Å²) in [4.78, 5) is 0.347. The molecule has 1 unspecified atom stereocenters. The van der Waals surface area contributed by atoms with Gasteiger partial charge in [0.2, 0.25) is 0 Å². The molecular formula is C11H15NO3S. The monoisotopic (exact) mass is 241 g/mol. The maximum atomic E-state index is 11.3. The van der Waals surface area contributed by atoms with Crippen molar-refractivity contribution >= 4 is 9.84 Å².